The first-order valence-electron chi connectivity index (χ1n) is 5.54. The molecule has 0 aliphatic heterocycles. The quantitative estimate of drug-likeness (QED) is 0.565. The van der Waals surface area contributed by atoms with Gasteiger partial charge in [0, 0.05) is 6.07 Å². The van der Waals surface area contributed by atoms with E-state index in [1.54, 1.807) is 0 Å². The van der Waals surface area contributed by atoms with Gasteiger partial charge in [-0.1, -0.05) is 25.4 Å². The third-order valence-electron chi connectivity index (χ3n) is 2.53. The van der Waals surface area contributed by atoms with Crippen molar-refractivity contribution >= 4 is 12.4 Å². The molecule has 18 heavy (non-hydrogen) atoms. The van der Waals surface area contributed by atoms with Gasteiger partial charge in [0.1, 0.15) is 5.82 Å². The second-order valence-corrected chi connectivity index (χ2v) is 3.81. The summed E-state index contributed by atoms with van der Waals surface area (Å²) in [6.45, 7) is -1.56. The van der Waals surface area contributed by atoms with Gasteiger partial charge in [-0.25, -0.2) is 4.39 Å². The smallest absolute Gasteiger partial charge is 0.493 e. The molecule has 0 bridgehead atoms. The molecule has 96 valence electrons. The molecule has 0 aliphatic rings. The Kier molecular flexibility index (Phi) is 8.09. The van der Waals surface area contributed by atoms with Crippen LogP contribution in [-0.2, 0) is 0 Å². The molecule has 7 heteroatoms. The number of halogens is 4. The Hall–Kier alpha value is 0.441. The maximum absolute atomic E-state index is 13.0. The van der Waals surface area contributed by atoms with Gasteiger partial charge < -0.3 is 17.7 Å². The fraction of sp³-hybridized carbons (Fsp3) is 0.455. The van der Waals surface area contributed by atoms with E-state index in [0.29, 0.717) is 12.8 Å². The number of hydrogen-bond acceptors (Lipinski definition) is 1. The molecule has 0 spiro atoms. The van der Waals surface area contributed by atoms with Crippen LogP contribution in [0.25, 0.3) is 0 Å². The van der Waals surface area contributed by atoms with Crippen LogP contribution in [0.15, 0.2) is 18.2 Å². The van der Waals surface area contributed by atoms with Crippen molar-refractivity contribution in [3.8, 4) is 5.75 Å². The Morgan fingerprint density at radius 3 is 2.17 bits per heavy atom. The van der Waals surface area contributed by atoms with Gasteiger partial charge in [0.05, 0.1) is 11.9 Å². The minimum atomic E-state index is -5.19. The van der Waals surface area contributed by atoms with Crippen molar-refractivity contribution in [3.63, 3.8) is 0 Å². The van der Waals surface area contributed by atoms with Crippen molar-refractivity contribution in [2.45, 2.75) is 32.8 Å². The first kappa shape index (κ1) is 18.4. The minimum Gasteiger partial charge on any atom is -0.493 e. The maximum Gasteiger partial charge on any atom is 1.00 e. The average Bonchev–Trinajstić information content (AvgIpc) is 2.24. The van der Waals surface area contributed by atoms with E-state index >= 15 is 0 Å². The summed E-state index contributed by atoms with van der Waals surface area (Å²) < 4.78 is 56.3. The van der Waals surface area contributed by atoms with Gasteiger partial charge in [0.15, 0.2) is 0 Å². The van der Waals surface area contributed by atoms with E-state index in [1.807, 2.05) is 13.8 Å². The molecule has 1 nitrogen and oxygen atoms in total. The normalized spacial score (nSPS) is 11.3. The summed E-state index contributed by atoms with van der Waals surface area (Å²) >= 11 is 0. The molecule has 1 aromatic carbocycles. The molecule has 0 radical (unpaired) electrons. The van der Waals surface area contributed by atoms with Crippen molar-refractivity contribution in [2.75, 3.05) is 0 Å². The van der Waals surface area contributed by atoms with Crippen LogP contribution in [0.1, 0.15) is 26.7 Å². The molecular formula is C11H14BF4KO. The summed E-state index contributed by atoms with van der Waals surface area (Å²) in [6, 6.07) is 2.32. The molecule has 0 fully saturated rings. The van der Waals surface area contributed by atoms with Gasteiger partial charge in [-0.15, -0.1) is 0 Å². The Morgan fingerprint density at radius 1 is 1.17 bits per heavy atom. The number of rotatable bonds is 5. The molecule has 0 aliphatic carbocycles. The van der Waals surface area contributed by atoms with E-state index in [9.17, 15) is 17.3 Å². The zero-order valence-electron chi connectivity index (χ0n) is 10.7. The average molecular weight is 288 g/mol. The third kappa shape index (κ3) is 5.21. The summed E-state index contributed by atoms with van der Waals surface area (Å²) in [7, 11) is 0. The van der Waals surface area contributed by atoms with E-state index in [-0.39, 0.29) is 57.5 Å². The predicted octanol–water partition coefficient (Wildman–Crippen LogP) is 0.451. The van der Waals surface area contributed by atoms with Crippen molar-refractivity contribution in [2.24, 2.45) is 0 Å². The maximum atomic E-state index is 13.0. The summed E-state index contributed by atoms with van der Waals surface area (Å²) in [5, 5.41) is 0. The Labute approximate surface area is 147 Å². The van der Waals surface area contributed by atoms with Crippen LogP contribution < -0.4 is 61.6 Å². The zero-order valence-corrected chi connectivity index (χ0v) is 13.8. The SMILES string of the molecule is CCC(CC)Oc1cc(F)ccc1[B-](F)(F)F.[K+]. The molecular weight excluding hydrogens is 274 g/mol. The van der Waals surface area contributed by atoms with Crippen LogP contribution in [0.2, 0.25) is 0 Å². The standard InChI is InChI=1S/C11H14BF4O.K/c1-3-9(4-2)17-11-7-8(13)5-6-10(11)12(14,15)16;/h5-7,9H,3-4H2,1-2H3;/q-1;+1. The van der Waals surface area contributed by atoms with Crippen molar-refractivity contribution in [1.82, 2.24) is 0 Å². The first-order valence-corrected chi connectivity index (χ1v) is 5.54. The van der Waals surface area contributed by atoms with Crippen LogP contribution in [0, 0.1) is 5.82 Å². The largest absolute Gasteiger partial charge is 1.00 e. The van der Waals surface area contributed by atoms with Gasteiger partial charge in [-0.05, 0) is 18.9 Å². The molecule has 0 N–H and O–H groups in total. The van der Waals surface area contributed by atoms with Gasteiger partial charge in [0.25, 0.3) is 0 Å². The first-order chi connectivity index (χ1) is 7.88. The molecule has 0 amide bonds. The molecule has 0 atom stereocenters. The summed E-state index contributed by atoms with van der Waals surface area (Å²) in [5.74, 6) is -1.14. The molecule has 0 aromatic heterocycles. The van der Waals surface area contributed by atoms with Crippen LogP contribution >= 0.6 is 0 Å². The van der Waals surface area contributed by atoms with Crippen LogP contribution in [0.5, 0.6) is 5.75 Å². The molecule has 0 saturated carbocycles. The van der Waals surface area contributed by atoms with E-state index in [1.165, 1.54) is 0 Å². The topological polar surface area (TPSA) is 9.23 Å². The molecule has 0 unspecified atom stereocenters. The van der Waals surface area contributed by atoms with Gasteiger partial charge in [-0.3, -0.25) is 0 Å². The molecule has 0 heterocycles. The third-order valence-corrected chi connectivity index (χ3v) is 2.53. The van der Waals surface area contributed by atoms with E-state index in [0.717, 1.165) is 18.2 Å². The van der Waals surface area contributed by atoms with E-state index in [4.69, 9.17) is 4.74 Å². The Morgan fingerprint density at radius 2 is 1.72 bits per heavy atom. The van der Waals surface area contributed by atoms with Crippen LogP contribution in [0.3, 0.4) is 0 Å². The monoisotopic (exact) mass is 288 g/mol. The number of benzene rings is 1. The van der Waals surface area contributed by atoms with Crippen LogP contribution in [0.4, 0.5) is 17.3 Å². The minimum absolute atomic E-state index is 0. The summed E-state index contributed by atoms with van der Waals surface area (Å²) in [4.78, 5) is 0. The Bertz CT molecular complexity index is 380. The molecule has 1 rings (SSSR count). The molecule has 0 saturated heterocycles. The molecule has 1 aromatic rings. The second-order valence-electron chi connectivity index (χ2n) is 3.81. The van der Waals surface area contributed by atoms with Crippen molar-refractivity contribution in [1.29, 1.82) is 0 Å². The van der Waals surface area contributed by atoms with Gasteiger partial charge in [-0.2, -0.15) is 0 Å². The number of ether oxygens (including phenoxy) is 1. The second kappa shape index (κ2) is 7.89. The fourth-order valence-electron chi connectivity index (χ4n) is 1.52. The zero-order chi connectivity index (χ0) is 13.1. The van der Waals surface area contributed by atoms with Gasteiger partial charge in [0.2, 0.25) is 0 Å². The van der Waals surface area contributed by atoms with Crippen LogP contribution in [-0.4, -0.2) is 13.1 Å². The fourth-order valence-corrected chi connectivity index (χ4v) is 1.52. The van der Waals surface area contributed by atoms with Crippen molar-refractivity contribution in [3.05, 3.63) is 24.0 Å². The van der Waals surface area contributed by atoms with Gasteiger partial charge >= 0.3 is 58.4 Å². The van der Waals surface area contributed by atoms with E-state index in [2.05, 4.69) is 0 Å². The van der Waals surface area contributed by atoms with Crippen molar-refractivity contribution < 1.29 is 73.5 Å². The summed E-state index contributed by atoms with van der Waals surface area (Å²) in [5.41, 5.74) is -0.877. The number of hydrogen-bond donors (Lipinski definition) is 0. The van der Waals surface area contributed by atoms with E-state index < -0.39 is 24.0 Å². The summed E-state index contributed by atoms with van der Waals surface area (Å²) in [6.07, 6.45) is 0.836. The predicted molar refractivity (Wildman–Crippen MR) is 60.1 cm³/mol. The Balaban J connectivity index is 0.00000289.